The van der Waals surface area contributed by atoms with Gasteiger partial charge < -0.3 is 24.6 Å². The van der Waals surface area contributed by atoms with E-state index in [1.807, 2.05) is 0 Å². The van der Waals surface area contributed by atoms with Crippen molar-refractivity contribution in [1.82, 2.24) is 0 Å². The maximum absolute atomic E-state index is 11.5. The molecule has 0 fully saturated rings. The molecule has 0 aromatic heterocycles. The minimum atomic E-state index is -1.07. The smallest absolute Gasteiger partial charge is 0.306 e. The highest BCUT2D eigenvalue weighted by Gasteiger charge is 2.30. The quantitative estimate of drug-likeness (QED) is 0.0520. The van der Waals surface area contributed by atoms with E-state index >= 15 is 0 Å². The molecule has 272 valence electrons. The Labute approximate surface area is 283 Å². The van der Waals surface area contributed by atoms with E-state index in [-0.39, 0.29) is 0 Å². The van der Waals surface area contributed by atoms with Crippen LogP contribution < -0.4 is 5.11 Å². The topological polar surface area (TPSA) is 115 Å². The van der Waals surface area contributed by atoms with Crippen LogP contribution in [0.5, 0.6) is 0 Å². The summed E-state index contributed by atoms with van der Waals surface area (Å²) < 4.78 is 0.589. The second-order valence-corrected chi connectivity index (χ2v) is 14.7. The number of carbonyl (C=O) groups excluding carboxylic acids is 1. The second-order valence-electron chi connectivity index (χ2n) is 14.7. The molecule has 0 bridgehead atoms. The molecule has 2 N–H and O–H groups in total. The molecule has 0 aliphatic rings. The Morgan fingerprint density at radius 3 is 0.978 bits per heavy atom. The first kappa shape index (κ1) is 44.4. The maximum Gasteiger partial charge on any atom is 0.306 e. The largest absolute Gasteiger partial charge is 0.550 e. The first-order chi connectivity index (χ1) is 22.0. The minimum Gasteiger partial charge on any atom is -0.550 e. The molecule has 0 spiro atoms. The SMILES string of the molecule is CCCCCCCCCCCCCCCCCCCCCCCC[N+](CCC(C)C(=O)[O-])(CCC(C)C(=O)O)CCC(C)C(=O)O. The van der Waals surface area contributed by atoms with Gasteiger partial charge in [-0.2, -0.15) is 0 Å². The van der Waals surface area contributed by atoms with E-state index in [9.17, 15) is 29.7 Å². The van der Waals surface area contributed by atoms with E-state index in [1.165, 1.54) is 128 Å². The van der Waals surface area contributed by atoms with Crippen LogP contribution >= 0.6 is 0 Å². The van der Waals surface area contributed by atoms with Gasteiger partial charge in [0.15, 0.2) is 0 Å². The third-order valence-corrected chi connectivity index (χ3v) is 10.3. The molecule has 0 amide bonds. The van der Waals surface area contributed by atoms with Crippen LogP contribution in [0.25, 0.3) is 0 Å². The summed E-state index contributed by atoms with van der Waals surface area (Å²) in [4.78, 5) is 34.5. The average molecular weight is 654 g/mol. The molecule has 0 aromatic carbocycles. The molecule has 0 aromatic rings. The van der Waals surface area contributed by atoms with Crippen LogP contribution in [0, 0.1) is 17.8 Å². The Kier molecular flexibility index (Phi) is 28.5. The Balaban J connectivity index is 4.24. The van der Waals surface area contributed by atoms with Crippen LogP contribution in [0.3, 0.4) is 0 Å². The summed E-state index contributed by atoms with van der Waals surface area (Å²) in [6.45, 7) is 10.0. The number of carbonyl (C=O) groups is 3. The van der Waals surface area contributed by atoms with Gasteiger partial charge in [0.2, 0.25) is 0 Å². The first-order valence-corrected chi connectivity index (χ1v) is 19.6. The lowest BCUT2D eigenvalue weighted by molar-refractivity contribution is -0.929. The molecule has 0 saturated carbocycles. The molecule has 46 heavy (non-hydrogen) atoms. The predicted octanol–water partition coefficient (Wildman–Crippen LogP) is 9.40. The fourth-order valence-electron chi connectivity index (χ4n) is 6.49. The zero-order chi connectivity index (χ0) is 34.5. The molecule has 3 atom stereocenters. The lowest BCUT2D eigenvalue weighted by Crippen LogP contribution is -2.52. The number of quaternary nitrogens is 1. The van der Waals surface area contributed by atoms with E-state index in [2.05, 4.69) is 6.92 Å². The van der Waals surface area contributed by atoms with Crippen molar-refractivity contribution >= 4 is 17.9 Å². The van der Waals surface area contributed by atoms with Crippen molar-refractivity contribution in [3.8, 4) is 0 Å². The van der Waals surface area contributed by atoms with Crippen molar-refractivity contribution in [1.29, 1.82) is 0 Å². The third kappa shape index (κ3) is 25.5. The summed E-state index contributed by atoms with van der Waals surface area (Å²) in [6.07, 6.45) is 30.9. The average Bonchev–Trinajstić information content (AvgIpc) is 3.03. The number of hydrogen-bond donors (Lipinski definition) is 2. The Morgan fingerprint density at radius 1 is 0.457 bits per heavy atom. The standard InChI is InChI=1S/C39H75NO6/c1-5-6-7-8-9-10-11-12-13-14-15-16-17-18-19-20-21-22-23-24-25-26-30-40(31-27-34(2)37(41)42,32-28-35(3)38(43)44)33-29-36(4)39(45)46/h34-36H,5-33H2,1-4H3,(H2-,41,42,43,44,45,46). The van der Waals surface area contributed by atoms with Crippen molar-refractivity contribution in [2.45, 2.75) is 188 Å². The summed E-state index contributed by atoms with van der Waals surface area (Å²) >= 11 is 0. The van der Waals surface area contributed by atoms with Gasteiger partial charge in [-0.1, -0.05) is 156 Å². The first-order valence-electron chi connectivity index (χ1n) is 19.6. The van der Waals surface area contributed by atoms with Crippen LogP contribution in [0.1, 0.15) is 188 Å². The monoisotopic (exact) mass is 654 g/mol. The molecule has 0 aliphatic heterocycles. The fraction of sp³-hybridized carbons (Fsp3) is 0.923. The van der Waals surface area contributed by atoms with Crippen LogP contribution in [0.2, 0.25) is 0 Å². The number of carboxylic acids is 3. The number of aliphatic carboxylic acids is 3. The van der Waals surface area contributed by atoms with Gasteiger partial charge in [-0.05, 0) is 12.8 Å². The summed E-state index contributed by atoms with van der Waals surface area (Å²) in [5, 5.41) is 30.3. The normalized spacial score (nSPS) is 14.9. The zero-order valence-electron chi connectivity index (χ0n) is 30.7. The molecule has 3 unspecified atom stereocenters. The van der Waals surface area contributed by atoms with Gasteiger partial charge >= 0.3 is 11.9 Å². The van der Waals surface area contributed by atoms with E-state index in [0.29, 0.717) is 43.4 Å². The second kappa shape index (κ2) is 29.5. The van der Waals surface area contributed by atoms with Crippen molar-refractivity contribution in [3.63, 3.8) is 0 Å². The van der Waals surface area contributed by atoms with Gasteiger partial charge in [-0.15, -0.1) is 0 Å². The number of rotatable bonds is 35. The van der Waals surface area contributed by atoms with Gasteiger partial charge in [0.1, 0.15) is 0 Å². The van der Waals surface area contributed by atoms with E-state index in [4.69, 9.17) is 0 Å². The molecule has 0 aliphatic carbocycles. The number of nitrogens with zero attached hydrogens (tertiary/aromatic N) is 1. The predicted molar refractivity (Wildman–Crippen MR) is 189 cm³/mol. The van der Waals surface area contributed by atoms with Crippen LogP contribution in [0.15, 0.2) is 0 Å². The highest BCUT2D eigenvalue weighted by atomic mass is 16.4. The summed E-state index contributed by atoms with van der Waals surface area (Å²) in [5.74, 6) is -4.29. The highest BCUT2D eigenvalue weighted by Crippen LogP contribution is 2.22. The molecule has 0 heterocycles. The van der Waals surface area contributed by atoms with Crippen molar-refractivity contribution in [3.05, 3.63) is 0 Å². The third-order valence-electron chi connectivity index (χ3n) is 10.3. The van der Waals surface area contributed by atoms with Crippen molar-refractivity contribution in [2.24, 2.45) is 17.8 Å². The number of carboxylic acid groups (broad SMARTS) is 3. The maximum atomic E-state index is 11.5. The van der Waals surface area contributed by atoms with Crippen LogP contribution in [-0.2, 0) is 14.4 Å². The van der Waals surface area contributed by atoms with Crippen molar-refractivity contribution < 1.29 is 34.2 Å². The summed E-state index contributed by atoms with van der Waals surface area (Å²) in [7, 11) is 0. The molecule has 7 nitrogen and oxygen atoms in total. The van der Waals surface area contributed by atoms with Gasteiger partial charge in [0, 0.05) is 31.1 Å². The molecular formula is C39H75NO6. The van der Waals surface area contributed by atoms with E-state index in [1.54, 1.807) is 20.8 Å². The number of unbranched alkanes of at least 4 members (excludes halogenated alkanes) is 21. The van der Waals surface area contributed by atoms with E-state index < -0.39 is 35.7 Å². The summed E-state index contributed by atoms with van der Waals surface area (Å²) in [6, 6.07) is 0. The van der Waals surface area contributed by atoms with E-state index in [0.717, 1.165) is 19.4 Å². The van der Waals surface area contributed by atoms with Crippen LogP contribution in [-0.4, -0.2) is 58.8 Å². The Hall–Kier alpha value is -1.63. The van der Waals surface area contributed by atoms with Gasteiger partial charge in [0.25, 0.3) is 0 Å². The highest BCUT2D eigenvalue weighted by molar-refractivity contribution is 5.69. The molecule has 0 rings (SSSR count). The zero-order valence-corrected chi connectivity index (χ0v) is 30.7. The Bertz CT molecular complexity index is 697. The fourth-order valence-corrected chi connectivity index (χ4v) is 6.49. The summed E-state index contributed by atoms with van der Waals surface area (Å²) in [5.41, 5.74) is 0. The lowest BCUT2D eigenvalue weighted by atomic mass is 10.0. The lowest BCUT2D eigenvalue weighted by Gasteiger charge is -2.41. The van der Waals surface area contributed by atoms with Gasteiger partial charge in [-0.25, -0.2) is 0 Å². The van der Waals surface area contributed by atoms with Gasteiger partial charge in [0.05, 0.1) is 38.0 Å². The number of hydrogen-bond acceptors (Lipinski definition) is 4. The van der Waals surface area contributed by atoms with Crippen molar-refractivity contribution in [2.75, 3.05) is 26.2 Å². The molecule has 0 saturated heterocycles. The van der Waals surface area contributed by atoms with Crippen LogP contribution in [0.4, 0.5) is 0 Å². The molecular weight excluding hydrogens is 578 g/mol. The minimum absolute atomic E-state index is 0.449. The van der Waals surface area contributed by atoms with Gasteiger partial charge in [-0.3, -0.25) is 9.59 Å². The molecule has 0 radical (unpaired) electrons. The Morgan fingerprint density at radius 2 is 0.717 bits per heavy atom. The molecule has 7 heteroatoms.